The lowest BCUT2D eigenvalue weighted by Crippen LogP contribution is -2.56. The van der Waals surface area contributed by atoms with Gasteiger partial charge in [-0.1, -0.05) is 13.8 Å². The average molecular weight is 387 g/mol. The lowest BCUT2D eigenvalue weighted by Gasteiger charge is -2.22. The quantitative estimate of drug-likeness (QED) is 0.232. The molecule has 0 spiro atoms. The number of nitrogens with two attached hydrogens (primary N) is 2. The van der Waals surface area contributed by atoms with Crippen LogP contribution < -0.4 is 27.4 Å². The number of hydrogen-bond donors (Lipinski definition) is 6. The van der Waals surface area contributed by atoms with Crippen molar-refractivity contribution in [2.75, 3.05) is 0 Å². The molecule has 4 atom stereocenters. The van der Waals surface area contributed by atoms with Crippen LogP contribution in [0.4, 0.5) is 0 Å². The van der Waals surface area contributed by atoms with E-state index in [4.69, 9.17) is 16.6 Å². The largest absolute Gasteiger partial charge is 0.480 e. The highest BCUT2D eigenvalue weighted by Gasteiger charge is 2.27. The first-order valence-electron chi connectivity index (χ1n) is 8.54. The van der Waals surface area contributed by atoms with Crippen molar-refractivity contribution in [2.45, 2.75) is 64.7 Å². The Morgan fingerprint density at radius 3 is 1.70 bits per heavy atom. The van der Waals surface area contributed by atoms with Gasteiger partial charge in [-0.2, -0.15) is 0 Å². The molecule has 0 bridgehead atoms. The second-order valence-corrected chi connectivity index (χ2v) is 6.63. The number of carbonyl (C=O) groups is 5. The Balaban J connectivity index is 4.67. The van der Waals surface area contributed by atoms with Gasteiger partial charge in [0.05, 0.1) is 6.04 Å². The predicted octanol–water partition coefficient (Wildman–Crippen LogP) is -2.19. The van der Waals surface area contributed by atoms with Crippen molar-refractivity contribution < 1.29 is 29.1 Å². The van der Waals surface area contributed by atoms with Crippen LogP contribution >= 0.6 is 0 Å². The zero-order chi connectivity index (χ0) is 21.3. The Kier molecular flexibility index (Phi) is 10.0. The number of carboxylic acids is 1. The molecule has 4 unspecified atom stereocenters. The van der Waals surface area contributed by atoms with Gasteiger partial charge in [0.25, 0.3) is 0 Å². The summed E-state index contributed by atoms with van der Waals surface area (Å²) < 4.78 is 0. The highest BCUT2D eigenvalue weighted by atomic mass is 16.4. The molecule has 0 radical (unpaired) electrons. The standard InChI is InChI=1S/C16H29N5O6/c1-7(2)12(18)15(25)20-8(3)13(23)19-9(4)14(24)21-10(16(26)27)5-6-11(17)22/h7-10,12H,5-6,18H2,1-4H3,(H2,17,22)(H,19,23)(H,20,25)(H,21,24)(H,26,27). The number of amides is 4. The van der Waals surface area contributed by atoms with Crippen LogP contribution in [0.15, 0.2) is 0 Å². The smallest absolute Gasteiger partial charge is 0.326 e. The maximum atomic E-state index is 12.1. The Morgan fingerprint density at radius 2 is 1.30 bits per heavy atom. The molecule has 27 heavy (non-hydrogen) atoms. The van der Waals surface area contributed by atoms with E-state index in [1.54, 1.807) is 13.8 Å². The molecule has 11 heteroatoms. The first-order valence-corrected chi connectivity index (χ1v) is 8.54. The maximum Gasteiger partial charge on any atom is 0.326 e. The Morgan fingerprint density at radius 1 is 0.852 bits per heavy atom. The molecule has 0 rings (SSSR count). The maximum absolute atomic E-state index is 12.1. The topological polar surface area (TPSA) is 194 Å². The molecule has 0 fully saturated rings. The van der Waals surface area contributed by atoms with E-state index in [-0.39, 0.29) is 18.8 Å². The summed E-state index contributed by atoms with van der Waals surface area (Å²) in [7, 11) is 0. The summed E-state index contributed by atoms with van der Waals surface area (Å²) in [6, 6.07) is -4.10. The van der Waals surface area contributed by atoms with Gasteiger partial charge in [-0.15, -0.1) is 0 Å². The van der Waals surface area contributed by atoms with Crippen LogP contribution in [0.5, 0.6) is 0 Å². The fourth-order valence-corrected chi connectivity index (χ4v) is 1.92. The molecule has 0 aromatic carbocycles. The molecular formula is C16H29N5O6. The van der Waals surface area contributed by atoms with Crippen molar-refractivity contribution in [1.29, 1.82) is 0 Å². The van der Waals surface area contributed by atoms with E-state index >= 15 is 0 Å². The van der Waals surface area contributed by atoms with Crippen LogP contribution in [0.3, 0.4) is 0 Å². The normalized spacial score (nSPS) is 15.2. The number of aliphatic carboxylic acids is 1. The van der Waals surface area contributed by atoms with Gasteiger partial charge >= 0.3 is 5.97 Å². The van der Waals surface area contributed by atoms with E-state index in [1.165, 1.54) is 13.8 Å². The molecule has 8 N–H and O–H groups in total. The zero-order valence-electron chi connectivity index (χ0n) is 15.9. The van der Waals surface area contributed by atoms with Crippen LogP contribution in [0, 0.1) is 5.92 Å². The van der Waals surface area contributed by atoms with Gasteiger partial charge in [-0.25, -0.2) is 4.79 Å². The molecule has 0 aliphatic heterocycles. The number of nitrogens with one attached hydrogen (secondary N) is 3. The van der Waals surface area contributed by atoms with Crippen LogP contribution in [-0.2, 0) is 24.0 Å². The highest BCUT2D eigenvalue weighted by molar-refractivity contribution is 5.93. The minimum Gasteiger partial charge on any atom is -0.480 e. The fourth-order valence-electron chi connectivity index (χ4n) is 1.92. The van der Waals surface area contributed by atoms with Crippen molar-refractivity contribution in [1.82, 2.24) is 16.0 Å². The van der Waals surface area contributed by atoms with Crippen molar-refractivity contribution in [2.24, 2.45) is 17.4 Å². The molecule has 0 aromatic heterocycles. The fraction of sp³-hybridized carbons (Fsp3) is 0.688. The SMILES string of the molecule is CC(NC(=O)C(C)NC(=O)C(N)C(C)C)C(=O)NC(CCC(N)=O)C(=O)O. The molecule has 0 aliphatic rings. The third-order valence-corrected chi connectivity index (χ3v) is 3.82. The van der Waals surface area contributed by atoms with Crippen LogP contribution in [0.2, 0.25) is 0 Å². The summed E-state index contributed by atoms with van der Waals surface area (Å²) in [5, 5.41) is 16.1. The molecular weight excluding hydrogens is 358 g/mol. The van der Waals surface area contributed by atoms with E-state index in [2.05, 4.69) is 16.0 Å². The van der Waals surface area contributed by atoms with Gasteiger partial charge < -0.3 is 32.5 Å². The second-order valence-electron chi connectivity index (χ2n) is 6.63. The third-order valence-electron chi connectivity index (χ3n) is 3.82. The zero-order valence-corrected chi connectivity index (χ0v) is 15.9. The molecule has 0 saturated heterocycles. The lowest BCUT2D eigenvalue weighted by atomic mass is 10.0. The van der Waals surface area contributed by atoms with Crippen molar-refractivity contribution in [3.8, 4) is 0 Å². The summed E-state index contributed by atoms with van der Waals surface area (Å²) in [6.07, 6.45) is -0.381. The Hall–Kier alpha value is -2.69. The minimum atomic E-state index is -1.33. The van der Waals surface area contributed by atoms with E-state index in [0.29, 0.717) is 0 Å². The van der Waals surface area contributed by atoms with Crippen LogP contribution in [0.25, 0.3) is 0 Å². The van der Waals surface area contributed by atoms with E-state index < -0.39 is 53.8 Å². The summed E-state index contributed by atoms with van der Waals surface area (Å²) in [4.78, 5) is 57.9. The Bertz CT molecular complexity index is 580. The molecule has 154 valence electrons. The number of rotatable bonds is 11. The summed E-state index contributed by atoms with van der Waals surface area (Å²) >= 11 is 0. The van der Waals surface area contributed by atoms with E-state index in [0.717, 1.165) is 0 Å². The van der Waals surface area contributed by atoms with Crippen molar-refractivity contribution >= 4 is 29.6 Å². The number of hydrogen-bond acceptors (Lipinski definition) is 6. The Labute approximate surface area is 157 Å². The van der Waals surface area contributed by atoms with Gasteiger partial charge in [-0.05, 0) is 26.2 Å². The molecule has 11 nitrogen and oxygen atoms in total. The summed E-state index contributed by atoms with van der Waals surface area (Å²) in [6.45, 7) is 6.31. The van der Waals surface area contributed by atoms with E-state index in [9.17, 15) is 24.0 Å². The number of carbonyl (C=O) groups excluding carboxylic acids is 4. The molecule has 0 saturated carbocycles. The summed E-state index contributed by atoms with van der Waals surface area (Å²) in [5.74, 6) is -4.02. The summed E-state index contributed by atoms with van der Waals surface area (Å²) in [5.41, 5.74) is 10.7. The molecule has 0 aromatic rings. The highest BCUT2D eigenvalue weighted by Crippen LogP contribution is 2.00. The third kappa shape index (κ3) is 8.99. The van der Waals surface area contributed by atoms with Crippen LogP contribution in [0.1, 0.15) is 40.5 Å². The van der Waals surface area contributed by atoms with Crippen LogP contribution in [-0.4, -0.2) is 58.9 Å². The predicted molar refractivity (Wildman–Crippen MR) is 96.0 cm³/mol. The van der Waals surface area contributed by atoms with Gasteiger partial charge in [0.1, 0.15) is 18.1 Å². The molecule has 0 aliphatic carbocycles. The van der Waals surface area contributed by atoms with Gasteiger partial charge in [0, 0.05) is 6.42 Å². The van der Waals surface area contributed by atoms with Gasteiger partial charge in [0.2, 0.25) is 23.6 Å². The lowest BCUT2D eigenvalue weighted by molar-refractivity contribution is -0.142. The second kappa shape index (κ2) is 11.1. The minimum absolute atomic E-state index is 0.113. The molecule has 0 heterocycles. The monoisotopic (exact) mass is 387 g/mol. The first-order chi connectivity index (χ1) is 12.4. The average Bonchev–Trinajstić information content (AvgIpc) is 2.56. The molecule has 4 amide bonds. The van der Waals surface area contributed by atoms with Crippen molar-refractivity contribution in [3.63, 3.8) is 0 Å². The van der Waals surface area contributed by atoms with Gasteiger partial charge in [0.15, 0.2) is 0 Å². The first kappa shape index (κ1) is 24.3. The number of primary amides is 1. The van der Waals surface area contributed by atoms with Gasteiger partial charge in [-0.3, -0.25) is 19.2 Å². The number of carboxylic acid groups (broad SMARTS) is 1. The van der Waals surface area contributed by atoms with E-state index in [1.807, 2.05) is 0 Å². The van der Waals surface area contributed by atoms with Crippen molar-refractivity contribution in [3.05, 3.63) is 0 Å².